The Hall–Kier alpha value is 1.24. The molecule has 0 bridgehead atoms. The molecule has 1 atom stereocenters. The van der Waals surface area contributed by atoms with E-state index in [4.69, 9.17) is 0 Å². The van der Waals surface area contributed by atoms with E-state index in [0.29, 0.717) is 12.5 Å². The summed E-state index contributed by atoms with van der Waals surface area (Å²) in [4.78, 5) is 11.2. The quantitative estimate of drug-likeness (QED) is 0.629. The average molecular weight is 243 g/mol. The third-order valence-corrected chi connectivity index (χ3v) is 1.56. The zero-order valence-corrected chi connectivity index (χ0v) is 13.6. The minimum atomic E-state index is -0.116. The maximum absolute atomic E-state index is 11.2. The predicted octanol–water partition coefficient (Wildman–Crippen LogP) is -1.85. The van der Waals surface area contributed by atoms with Crippen LogP contribution in [0.1, 0.15) is 20.8 Å². The summed E-state index contributed by atoms with van der Waals surface area (Å²) in [6, 6.07) is -0.116. The van der Waals surface area contributed by atoms with Crippen LogP contribution in [0.2, 0.25) is 0 Å². The van der Waals surface area contributed by atoms with E-state index in [0.717, 1.165) is 0 Å². The molecule has 0 aromatic rings. The molecule has 3 nitrogen and oxygen atoms in total. The van der Waals surface area contributed by atoms with Gasteiger partial charge >= 0.3 is 58.2 Å². The molecule has 4 heteroatoms. The van der Waals surface area contributed by atoms with Crippen molar-refractivity contribution in [3.05, 3.63) is 5.32 Å². The van der Waals surface area contributed by atoms with Gasteiger partial charge in [-0.05, 0) is 13.0 Å². The van der Waals surface area contributed by atoms with Crippen molar-refractivity contribution < 1.29 is 63.0 Å². The molecular weight excluding hydrogens is 226 g/mol. The summed E-state index contributed by atoms with van der Waals surface area (Å²) >= 11 is 0. The standard InChI is InChI=1S/C8H18N2O.Rb/c1-5-10-8(11)7(9-4)6(2)3;/h6-7,9H,5H2,1-4H3,(H,10,11);/q;+1/p-1. The first-order chi connectivity index (χ1) is 5.13. The van der Waals surface area contributed by atoms with Crippen molar-refractivity contribution in [3.8, 4) is 0 Å². The van der Waals surface area contributed by atoms with Gasteiger partial charge in [0.25, 0.3) is 0 Å². The number of nitrogens with zero attached hydrogens (tertiary/aromatic N) is 1. The Morgan fingerprint density at radius 3 is 2.25 bits per heavy atom. The maximum Gasteiger partial charge on any atom is 1.00 e. The van der Waals surface area contributed by atoms with E-state index >= 15 is 0 Å². The van der Waals surface area contributed by atoms with Gasteiger partial charge in [0.05, 0.1) is 11.9 Å². The van der Waals surface area contributed by atoms with Gasteiger partial charge in [-0.1, -0.05) is 20.8 Å². The summed E-state index contributed by atoms with van der Waals surface area (Å²) < 4.78 is 0. The second-order valence-electron chi connectivity index (χ2n) is 2.82. The topological polar surface area (TPSA) is 43.2 Å². The van der Waals surface area contributed by atoms with E-state index in [1.165, 1.54) is 0 Å². The third kappa shape index (κ3) is 5.81. The Bertz CT molecular complexity index is 128. The largest absolute Gasteiger partial charge is 1.00 e. The second kappa shape index (κ2) is 8.82. The summed E-state index contributed by atoms with van der Waals surface area (Å²) in [5.74, 6) is 0.271. The number of nitrogens with one attached hydrogen (secondary N) is 1. The number of hydrogen-bond acceptors (Lipinski definition) is 2. The van der Waals surface area contributed by atoms with Crippen LogP contribution in [0, 0.1) is 5.92 Å². The molecule has 1 unspecified atom stereocenters. The van der Waals surface area contributed by atoms with E-state index in [1.807, 2.05) is 20.8 Å². The van der Waals surface area contributed by atoms with Gasteiger partial charge in [0.2, 0.25) is 0 Å². The Morgan fingerprint density at radius 1 is 1.50 bits per heavy atom. The van der Waals surface area contributed by atoms with E-state index in [9.17, 15) is 4.79 Å². The summed E-state index contributed by atoms with van der Waals surface area (Å²) in [5.41, 5.74) is 0. The first-order valence-electron chi connectivity index (χ1n) is 4.02. The van der Waals surface area contributed by atoms with Gasteiger partial charge in [0.1, 0.15) is 0 Å². The van der Waals surface area contributed by atoms with Gasteiger partial charge in [0, 0.05) is 0 Å². The Kier molecular flexibility index (Phi) is 11.5. The fourth-order valence-corrected chi connectivity index (χ4v) is 0.996. The molecule has 1 amide bonds. The number of hydrogen-bond donors (Lipinski definition) is 1. The van der Waals surface area contributed by atoms with Gasteiger partial charge in [-0.3, -0.25) is 0 Å². The molecule has 0 aliphatic rings. The van der Waals surface area contributed by atoms with Crippen LogP contribution in [0.4, 0.5) is 0 Å². The molecule has 0 aliphatic carbocycles. The first kappa shape index (κ1) is 15.7. The van der Waals surface area contributed by atoms with Crippen molar-refractivity contribution in [3.63, 3.8) is 0 Å². The summed E-state index contributed by atoms with van der Waals surface area (Å²) in [5, 5.41) is 6.76. The molecule has 0 radical (unpaired) electrons. The molecular formula is C8H17N2ORb. The molecule has 12 heavy (non-hydrogen) atoms. The van der Waals surface area contributed by atoms with Crippen LogP contribution in [-0.2, 0) is 4.79 Å². The SMILES string of the molecule is CC[N-]C(=O)C(NC)C(C)C.[Rb+]. The fourth-order valence-electron chi connectivity index (χ4n) is 0.996. The van der Waals surface area contributed by atoms with Crippen molar-refractivity contribution in [2.24, 2.45) is 5.92 Å². The van der Waals surface area contributed by atoms with Crippen molar-refractivity contribution >= 4 is 5.91 Å². The van der Waals surface area contributed by atoms with Crippen LogP contribution in [0.3, 0.4) is 0 Å². The summed E-state index contributed by atoms with van der Waals surface area (Å²) in [6.45, 7) is 6.45. The number of amides is 1. The van der Waals surface area contributed by atoms with E-state index < -0.39 is 0 Å². The van der Waals surface area contributed by atoms with Crippen molar-refractivity contribution in [2.45, 2.75) is 26.8 Å². The van der Waals surface area contributed by atoms with Crippen molar-refractivity contribution in [2.75, 3.05) is 13.6 Å². The minimum absolute atomic E-state index is 0. The average Bonchev–Trinajstić information content (AvgIpc) is 1.88. The number of carbonyl (C=O) groups excluding carboxylic acids is 1. The fraction of sp³-hybridized carbons (Fsp3) is 0.875. The molecule has 0 aromatic heterocycles. The first-order valence-corrected chi connectivity index (χ1v) is 4.02. The van der Waals surface area contributed by atoms with Crippen LogP contribution in [-0.4, -0.2) is 25.5 Å². The number of carbonyl (C=O) groups is 1. The van der Waals surface area contributed by atoms with Crippen LogP contribution in [0.5, 0.6) is 0 Å². The molecule has 0 aromatic carbocycles. The zero-order valence-electron chi connectivity index (χ0n) is 8.72. The number of likely N-dealkylation sites (N-methyl/N-ethyl adjacent to an activating group) is 2. The molecule has 0 rings (SSSR count). The molecule has 0 spiro atoms. The number of rotatable bonds is 4. The minimum Gasteiger partial charge on any atom is -0.652 e. The van der Waals surface area contributed by atoms with Crippen LogP contribution in [0.25, 0.3) is 5.32 Å². The van der Waals surface area contributed by atoms with Crippen molar-refractivity contribution in [1.82, 2.24) is 5.32 Å². The maximum atomic E-state index is 11.2. The molecule has 0 heterocycles. The van der Waals surface area contributed by atoms with Crippen LogP contribution < -0.4 is 63.5 Å². The summed E-state index contributed by atoms with van der Waals surface area (Å²) in [7, 11) is 1.79. The molecule has 0 saturated heterocycles. The Morgan fingerprint density at radius 2 is 2.00 bits per heavy atom. The van der Waals surface area contributed by atoms with Gasteiger partial charge < -0.3 is 15.4 Å². The van der Waals surface area contributed by atoms with E-state index in [1.54, 1.807) is 7.05 Å². The Balaban J connectivity index is 0. The van der Waals surface area contributed by atoms with Gasteiger partial charge in [-0.15, -0.1) is 6.54 Å². The predicted molar refractivity (Wildman–Crippen MR) is 46.6 cm³/mol. The van der Waals surface area contributed by atoms with E-state index in [-0.39, 0.29) is 70.1 Å². The van der Waals surface area contributed by atoms with Crippen LogP contribution >= 0.6 is 0 Å². The molecule has 0 saturated carbocycles. The Labute approximate surface area is 124 Å². The van der Waals surface area contributed by atoms with Crippen molar-refractivity contribution in [1.29, 1.82) is 0 Å². The summed E-state index contributed by atoms with van der Waals surface area (Å²) in [6.07, 6.45) is 0. The third-order valence-electron chi connectivity index (χ3n) is 1.56. The van der Waals surface area contributed by atoms with Gasteiger partial charge in [0.15, 0.2) is 0 Å². The van der Waals surface area contributed by atoms with E-state index in [2.05, 4.69) is 10.6 Å². The zero-order chi connectivity index (χ0) is 8.85. The molecule has 66 valence electrons. The molecule has 0 aliphatic heterocycles. The van der Waals surface area contributed by atoms with Gasteiger partial charge in [-0.2, -0.15) is 0 Å². The van der Waals surface area contributed by atoms with Gasteiger partial charge in [-0.25, -0.2) is 0 Å². The second-order valence-corrected chi connectivity index (χ2v) is 2.82. The van der Waals surface area contributed by atoms with Crippen LogP contribution in [0.15, 0.2) is 0 Å². The smallest absolute Gasteiger partial charge is 0.652 e. The molecule has 1 N–H and O–H groups in total. The monoisotopic (exact) mass is 242 g/mol. The normalized spacial score (nSPS) is 12.1. The molecule has 0 fully saturated rings.